The van der Waals surface area contributed by atoms with Crippen LogP contribution in [0.25, 0.3) is 0 Å². The summed E-state index contributed by atoms with van der Waals surface area (Å²) in [6.45, 7) is 0. The SMILES string of the molecule is CNC(Cc1nc(C2(OC)CCC2)no1)C1CCCC1. The molecule has 1 N–H and O–H groups in total. The maximum Gasteiger partial charge on any atom is 0.228 e. The molecule has 0 bridgehead atoms. The molecule has 1 aromatic rings. The second-order valence-electron chi connectivity index (χ2n) is 6.21. The predicted octanol–water partition coefficient (Wildman–Crippen LogP) is 2.42. The molecule has 0 aliphatic heterocycles. The van der Waals surface area contributed by atoms with Gasteiger partial charge in [-0.1, -0.05) is 18.0 Å². The Bertz CT molecular complexity index is 431. The highest BCUT2D eigenvalue weighted by molar-refractivity contribution is 5.07. The molecule has 3 rings (SSSR count). The summed E-state index contributed by atoms with van der Waals surface area (Å²) in [6, 6.07) is 0.450. The van der Waals surface area contributed by atoms with Gasteiger partial charge in [0.2, 0.25) is 11.7 Å². The van der Waals surface area contributed by atoms with E-state index in [-0.39, 0.29) is 5.60 Å². The quantitative estimate of drug-likeness (QED) is 0.866. The lowest BCUT2D eigenvalue weighted by atomic mass is 9.79. The number of hydrogen-bond donors (Lipinski definition) is 1. The van der Waals surface area contributed by atoms with E-state index in [9.17, 15) is 0 Å². The fourth-order valence-corrected chi connectivity index (χ4v) is 3.59. The van der Waals surface area contributed by atoms with Gasteiger partial charge in [0.05, 0.1) is 0 Å². The van der Waals surface area contributed by atoms with Crippen LogP contribution in [-0.2, 0) is 16.8 Å². The van der Waals surface area contributed by atoms with Gasteiger partial charge >= 0.3 is 0 Å². The van der Waals surface area contributed by atoms with E-state index in [2.05, 4.69) is 15.5 Å². The minimum atomic E-state index is -0.274. The van der Waals surface area contributed by atoms with Gasteiger partial charge in [0, 0.05) is 19.6 Å². The number of methoxy groups -OCH3 is 1. The lowest BCUT2D eigenvalue weighted by Gasteiger charge is -2.37. The monoisotopic (exact) mass is 279 g/mol. The van der Waals surface area contributed by atoms with Gasteiger partial charge in [0.15, 0.2) is 0 Å². The van der Waals surface area contributed by atoms with Crippen molar-refractivity contribution in [1.29, 1.82) is 0 Å². The van der Waals surface area contributed by atoms with Crippen LogP contribution in [0.15, 0.2) is 4.52 Å². The highest BCUT2D eigenvalue weighted by Gasteiger charge is 2.43. The molecule has 2 fully saturated rings. The maximum atomic E-state index is 5.60. The highest BCUT2D eigenvalue weighted by atomic mass is 16.5. The van der Waals surface area contributed by atoms with Gasteiger partial charge < -0.3 is 14.6 Å². The first-order chi connectivity index (χ1) is 9.77. The Morgan fingerprint density at radius 2 is 2.10 bits per heavy atom. The van der Waals surface area contributed by atoms with Crippen molar-refractivity contribution >= 4 is 0 Å². The van der Waals surface area contributed by atoms with Crippen molar-refractivity contribution in [2.45, 2.75) is 63.0 Å². The zero-order valence-corrected chi connectivity index (χ0v) is 12.5. The number of likely N-dealkylation sites (N-methyl/N-ethyl adjacent to an activating group) is 1. The Hall–Kier alpha value is -0.940. The third-order valence-corrected chi connectivity index (χ3v) is 5.16. The van der Waals surface area contributed by atoms with Gasteiger partial charge in [-0.15, -0.1) is 0 Å². The molecule has 1 unspecified atom stereocenters. The Morgan fingerprint density at radius 3 is 2.65 bits per heavy atom. The second-order valence-corrected chi connectivity index (χ2v) is 6.21. The lowest BCUT2D eigenvalue weighted by molar-refractivity contribution is -0.0858. The fourth-order valence-electron chi connectivity index (χ4n) is 3.59. The molecule has 0 radical (unpaired) electrons. The minimum Gasteiger partial charge on any atom is -0.370 e. The number of hydrogen-bond acceptors (Lipinski definition) is 5. The van der Waals surface area contributed by atoms with Crippen LogP contribution in [0.1, 0.15) is 56.7 Å². The van der Waals surface area contributed by atoms with Crippen molar-refractivity contribution in [3.8, 4) is 0 Å². The van der Waals surface area contributed by atoms with Crippen LogP contribution in [0, 0.1) is 5.92 Å². The maximum absolute atomic E-state index is 5.60. The standard InChI is InChI=1S/C15H25N3O2/c1-16-12(11-6-3-4-7-11)10-13-17-14(18-20-13)15(19-2)8-5-9-15/h11-12,16H,3-10H2,1-2H3. The third-order valence-electron chi connectivity index (χ3n) is 5.16. The average molecular weight is 279 g/mol. The fraction of sp³-hybridized carbons (Fsp3) is 0.867. The molecule has 2 aliphatic rings. The van der Waals surface area contributed by atoms with Gasteiger partial charge in [0.25, 0.3) is 0 Å². The van der Waals surface area contributed by atoms with Crippen LogP contribution >= 0.6 is 0 Å². The van der Waals surface area contributed by atoms with Crippen molar-refractivity contribution in [3.63, 3.8) is 0 Å². The number of rotatable bonds is 6. The van der Waals surface area contributed by atoms with Crippen molar-refractivity contribution in [3.05, 3.63) is 11.7 Å². The summed E-state index contributed by atoms with van der Waals surface area (Å²) in [5.41, 5.74) is -0.274. The molecule has 0 saturated heterocycles. The van der Waals surface area contributed by atoms with Gasteiger partial charge in [0.1, 0.15) is 5.60 Å². The minimum absolute atomic E-state index is 0.274. The smallest absolute Gasteiger partial charge is 0.228 e. The molecule has 20 heavy (non-hydrogen) atoms. The zero-order chi connectivity index (χ0) is 14.0. The van der Waals surface area contributed by atoms with Gasteiger partial charge in [-0.25, -0.2) is 0 Å². The van der Waals surface area contributed by atoms with Crippen molar-refractivity contribution in [1.82, 2.24) is 15.5 Å². The first kappa shape index (κ1) is 14.0. The van der Waals surface area contributed by atoms with Gasteiger partial charge in [-0.05, 0) is 45.1 Å². The lowest BCUT2D eigenvalue weighted by Crippen LogP contribution is -2.37. The van der Waals surface area contributed by atoms with Crippen molar-refractivity contribution in [2.24, 2.45) is 5.92 Å². The second kappa shape index (κ2) is 5.82. The summed E-state index contributed by atoms with van der Waals surface area (Å²) in [4.78, 5) is 4.59. The van der Waals surface area contributed by atoms with E-state index >= 15 is 0 Å². The molecule has 5 heteroatoms. The van der Waals surface area contributed by atoms with Crippen LogP contribution in [0.2, 0.25) is 0 Å². The first-order valence-electron chi connectivity index (χ1n) is 7.83. The Balaban J connectivity index is 1.67. The molecule has 0 amide bonds. The van der Waals surface area contributed by atoms with Gasteiger partial charge in [-0.3, -0.25) is 0 Å². The van der Waals surface area contributed by atoms with Crippen LogP contribution in [0.5, 0.6) is 0 Å². The predicted molar refractivity (Wildman–Crippen MR) is 75.3 cm³/mol. The first-order valence-corrected chi connectivity index (χ1v) is 7.83. The molecule has 0 aromatic carbocycles. The summed E-state index contributed by atoms with van der Waals surface area (Å²) < 4.78 is 11.1. The van der Waals surface area contributed by atoms with E-state index in [1.54, 1.807) is 7.11 Å². The summed E-state index contributed by atoms with van der Waals surface area (Å²) in [5, 5.41) is 7.58. The molecule has 5 nitrogen and oxygen atoms in total. The molecular weight excluding hydrogens is 254 g/mol. The Labute approximate surface area is 120 Å². The van der Waals surface area contributed by atoms with E-state index in [1.165, 1.54) is 32.1 Å². The van der Waals surface area contributed by atoms with E-state index in [4.69, 9.17) is 9.26 Å². The number of aromatic nitrogens is 2. The summed E-state index contributed by atoms with van der Waals surface area (Å²) >= 11 is 0. The molecular formula is C15H25N3O2. The van der Waals surface area contributed by atoms with Crippen LogP contribution in [0.3, 0.4) is 0 Å². The molecule has 1 aromatic heterocycles. The van der Waals surface area contributed by atoms with E-state index in [1.807, 2.05) is 7.05 Å². The highest BCUT2D eigenvalue weighted by Crippen LogP contribution is 2.42. The van der Waals surface area contributed by atoms with Crippen molar-refractivity contribution in [2.75, 3.05) is 14.2 Å². The van der Waals surface area contributed by atoms with Crippen molar-refractivity contribution < 1.29 is 9.26 Å². The largest absolute Gasteiger partial charge is 0.370 e. The average Bonchev–Trinajstić information content (AvgIpc) is 3.07. The number of nitrogens with one attached hydrogen (secondary N) is 1. The Morgan fingerprint density at radius 1 is 1.35 bits per heavy atom. The topological polar surface area (TPSA) is 60.2 Å². The number of ether oxygens (including phenoxy) is 1. The zero-order valence-electron chi connectivity index (χ0n) is 12.5. The Kier molecular flexibility index (Phi) is 4.08. The van der Waals surface area contributed by atoms with Crippen LogP contribution in [-0.4, -0.2) is 30.3 Å². The summed E-state index contributed by atoms with van der Waals surface area (Å²) in [7, 11) is 3.77. The van der Waals surface area contributed by atoms with E-state index in [0.29, 0.717) is 6.04 Å². The van der Waals surface area contributed by atoms with E-state index < -0.39 is 0 Å². The van der Waals surface area contributed by atoms with Crippen LogP contribution in [0.4, 0.5) is 0 Å². The van der Waals surface area contributed by atoms with Gasteiger partial charge in [-0.2, -0.15) is 4.98 Å². The summed E-state index contributed by atoms with van der Waals surface area (Å²) in [5.74, 6) is 2.23. The molecule has 2 aliphatic carbocycles. The van der Waals surface area contributed by atoms with E-state index in [0.717, 1.165) is 36.9 Å². The number of nitrogens with zero attached hydrogens (tertiary/aromatic N) is 2. The van der Waals surface area contributed by atoms with Crippen LogP contribution < -0.4 is 5.32 Å². The normalized spacial score (nSPS) is 23.7. The summed E-state index contributed by atoms with van der Waals surface area (Å²) in [6.07, 6.45) is 9.34. The molecule has 0 spiro atoms. The molecule has 1 heterocycles. The molecule has 112 valence electrons. The molecule has 1 atom stereocenters. The molecule has 2 saturated carbocycles. The third kappa shape index (κ3) is 2.49.